The monoisotopic (exact) mass is 391 g/mol. The molecular formula is C16H18BrN5O2. The highest BCUT2D eigenvalue weighted by Crippen LogP contribution is 2.14. The fraction of sp³-hybridized carbons (Fsp3) is 0.312. The number of imidazole rings is 1. The molecule has 24 heavy (non-hydrogen) atoms. The number of aromatic nitrogens is 3. The van der Waals surface area contributed by atoms with Gasteiger partial charge >= 0.3 is 0 Å². The smallest absolute Gasteiger partial charge is 0.239 e. The lowest BCUT2D eigenvalue weighted by Gasteiger charge is -2.04. The van der Waals surface area contributed by atoms with Crippen LogP contribution in [0.25, 0.3) is 5.65 Å². The molecular weight excluding hydrogens is 374 g/mol. The van der Waals surface area contributed by atoms with Crippen molar-refractivity contribution < 1.29 is 9.21 Å². The molecule has 0 atom stereocenters. The van der Waals surface area contributed by atoms with Crippen LogP contribution in [-0.4, -0.2) is 33.4 Å². The van der Waals surface area contributed by atoms with Crippen LogP contribution in [0, 0.1) is 0 Å². The van der Waals surface area contributed by atoms with E-state index in [1.807, 2.05) is 35.9 Å². The summed E-state index contributed by atoms with van der Waals surface area (Å²) < 4.78 is 8.35. The zero-order valence-corrected chi connectivity index (χ0v) is 14.8. The van der Waals surface area contributed by atoms with Crippen LogP contribution in [0.4, 0.5) is 5.82 Å². The van der Waals surface area contributed by atoms with Crippen molar-refractivity contribution in [1.29, 1.82) is 0 Å². The van der Waals surface area contributed by atoms with Gasteiger partial charge in [-0.1, -0.05) is 6.92 Å². The molecule has 0 unspecified atom stereocenters. The van der Waals surface area contributed by atoms with Gasteiger partial charge in [-0.2, -0.15) is 0 Å². The van der Waals surface area contributed by atoms with Crippen LogP contribution in [0.1, 0.15) is 18.6 Å². The van der Waals surface area contributed by atoms with Crippen LogP contribution < -0.4 is 10.6 Å². The van der Waals surface area contributed by atoms with Crippen molar-refractivity contribution in [1.82, 2.24) is 19.7 Å². The predicted molar refractivity (Wildman–Crippen MR) is 94.0 cm³/mol. The third kappa shape index (κ3) is 4.14. The number of aryl methyl sites for hydroxylation is 1. The Balaban J connectivity index is 1.44. The van der Waals surface area contributed by atoms with Crippen molar-refractivity contribution in [2.45, 2.75) is 19.8 Å². The number of amides is 1. The Bertz CT molecular complexity index is 842. The molecule has 3 rings (SSSR count). The quantitative estimate of drug-likeness (QED) is 0.645. The molecule has 0 radical (unpaired) electrons. The van der Waals surface area contributed by atoms with Crippen molar-refractivity contribution in [2.75, 3.05) is 18.4 Å². The second kappa shape index (κ2) is 7.48. The Morgan fingerprint density at radius 1 is 1.38 bits per heavy atom. The van der Waals surface area contributed by atoms with Crippen LogP contribution in [0.15, 0.2) is 39.6 Å². The number of oxazole rings is 1. The molecule has 0 aliphatic heterocycles. The van der Waals surface area contributed by atoms with E-state index in [0.29, 0.717) is 24.7 Å². The number of halogens is 1. The van der Waals surface area contributed by atoms with E-state index in [9.17, 15) is 4.79 Å². The summed E-state index contributed by atoms with van der Waals surface area (Å²) in [6, 6.07) is 3.82. The number of hydrogen-bond acceptors (Lipinski definition) is 5. The highest BCUT2D eigenvalue weighted by Gasteiger charge is 2.06. The molecule has 2 N–H and O–H groups in total. The van der Waals surface area contributed by atoms with Crippen LogP contribution in [-0.2, 0) is 17.6 Å². The summed E-state index contributed by atoms with van der Waals surface area (Å²) in [6.07, 6.45) is 6.87. The van der Waals surface area contributed by atoms with E-state index in [-0.39, 0.29) is 12.5 Å². The van der Waals surface area contributed by atoms with Gasteiger partial charge in [-0.05, 0) is 28.1 Å². The van der Waals surface area contributed by atoms with Gasteiger partial charge in [0.05, 0.1) is 18.9 Å². The van der Waals surface area contributed by atoms with Gasteiger partial charge in [-0.15, -0.1) is 0 Å². The van der Waals surface area contributed by atoms with Crippen molar-refractivity contribution in [3.63, 3.8) is 0 Å². The van der Waals surface area contributed by atoms with Gasteiger partial charge in [0.25, 0.3) is 0 Å². The van der Waals surface area contributed by atoms with E-state index in [4.69, 9.17) is 4.42 Å². The van der Waals surface area contributed by atoms with E-state index in [1.54, 1.807) is 6.20 Å². The van der Waals surface area contributed by atoms with Gasteiger partial charge in [-0.3, -0.25) is 4.79 Å². The SMILES string of the molecule is CCc1cnc(CCNC(=O)CNc2cn3cc(Br)ccc3n2)o1. The minimum absolute atomic E-state index is 0.101. The molecule has 0 aromatic carbocycles. The highest BCUT2D eigenvalue weighted by molar-refractivity contribution is 9.10. The molecule has 0 bridgehead atoms. The molecule has 0 saturated carbocycles. The number of nitrogens with one attached hydrogen (secondary N) is 2. The van der Waals surface area contributed by atoms with E-state index < -0.39 is 0 Å². The average molecular weight is 392 g/mol. The summed E-state index contributed by atoms with van der Waals surface area (Å²) in [6.45, 7) is 2.66. The first-order valence-electron chi connectivity index (χ1n) is 7.72. The van der Waals surface area contributed by atoms with Crippen LogP contribution in [0.2, 0.25) is 0 Å². The number of hydrogen-bond donors (Lipinski definition) is 2. The summed E-state index contributed by atoms with van der Waals surface area (Å²) in [4.78, 5) is 20.4. The standard InChI is InChI=1S/C16H18BrN5O2/c1-2-12-7-20-16(24-12)5-6-18-15(23)8-19-13-10-22-9-11(17)3-4-14(22)21-13/h3-4,7,9-10,19H,2,5-6,8H2,1H3,(H,18,23). The number of rotatable bonds is 7. The second-order valence-corrected chi connectivity index (χ2v) is 6.18. The van der Waals surface area contributed by atoms with Gasteiger partial charge in [0, 0.05) is 30.1 Å². The zero-order chi connectivity index (χ0) is 16.9. The molecule has 0 saturated heterocycles. The summed E-state index contributed by atoms with van der Waals surface area (Å²) in [5.74, 6) is 2.06. The molecule has 1 amide bonds. The Hall–Kier alpha value is -2.35. The number of pyridine rings is 1. The third-order valence-electron chi connectivity index (χ3n) is 3.46. The molecule has 7 nitrogen and oxygen atoms in total. The fourth-order valence-electron chi connectivity index (χ4n) is 2.22. The van der Waals surface area contributed by atoms with Crippen molar-refractivity contribution in [2.24, 2.45) is 0 Å². The number of nitrogens with zero attached hydrogens (tertiary/aromatic N) is 3. The number of fused-ring (bicyclic) bond motifs is 1. The van der Waals surface area contributed by atoms with Crippen LogP contribution in [0.3, 0.4) is 0 Å². The highest BCUT2D eigenvalue weighted by atomic mass is 79.9. The number of anilines is 1. The van der Waals surface area contributed by atoms with Gasteiger partial charge in [0.1, 0.15) is 17.2 Å². The lowest BCUT2D eigenvalue weighted by Crippen LogP contribution is -2.31. The average Bonchev–Trinajstić information content (AvgIpc) is 3.18. The van der Waals surface area contributed by atoms with Gasteiger partial charge in [-0.25, -0.2) is 9.97 Å². The van der Waals surface area contributed by atoms with Gasteiger partial charge in [0.15, 0.2) is 5.89 Å². The molecule has 3 heterocycles. The summed E-state index contributed by atoms with van der Waals surface area (Å²) in [7, 11) is 0. The van der Waals surface area contributed by atoms with Crippen molar-refractivity contribution in [3.8, 4) is 0 Å². The third-order valence-corrected chi connectivity index (χ3v) is 3.93. The maximum atomic E-state index is 11.9. The predicted octanol–water partition coefficient (Wildman–Crippen LogP) is 2.42. The Morgan fingerprint density at radius 2 is 2.25 bits per heavy atom. The molecule has 0 fully saturated rings. The van der Waals surface area contributed by atoms with E-state index in [1.165, 1.54) is 0 Å². The minimum Gasteiger partial charge on any atom is -0.446 e. The maximum Gasteiger partial charge on any atom is 0.239 e. The Kier molecular flexibility index (Phi) is 5.14. The summed E-state index contributed by atoms with van der Waals surface area (Å²) in [5, 5.41) is 5.84. The minimum atomic E-state index is -0.101. The van der Waals surface area contributed by atoms with Crippen molar-refractivity contribution in [3.05, 3.63) is 46.8 Å². The Labute approximate surface area is 147 Å². The largest absolute Gasteiger partial charge is 0.446 e. The lowest BCUT2D eigenvalue weighted by molar-refractivity contribution is -0.119. The van der Waals surface area contributed by atoms with Crippen LogP contribution in [0.5, 0.6) is 0 Å². The first kappa shape index (κ1) is 16.5. The Morgan fingerprint density at radius 3 is 3.04 bits per heavy atom. The van der Waals surface area contributed by atoms with E-state index in [2.05, 4.69) is 36.5 Å². The first-order chi connectivity index (χ1) is 11.6. The maximum absolute atomic E-state index is 11.9. The molecule has 0 aliphatic carbocycles. The molecule has 8 heteroatoms. The molecule has 126 valence electrons. The normalized spacial score (nSPS) is 10.9. The lowest BCUT2D eigenvalue weighted by atomic mass is 10.4. The summed E-state index contributed by atoms with van der Waals surface area (Å²) in [5.41, 5.74) is 0.816. The summed E-state index contributed by atoms with van der Waals surface area (Å²) >= 11 is 3.41. The van der Waals surface area contributed by atoms with E-state index >= 15 is 0 Å². The molecule has 0 spiro atoms. The second-order valence-electron chi connectivity index (χ2n) is 5.27. The number of carbonyl (C=O) groups is 1. The van der Waals surface area contributed by atoms with Crippen LogP contribution >= 0.6 is 15.9 Å². The van der Waals surface area contributed by atoms with E-state index in [0.717, 1.165) is 22.3 Å². The van der Waals surface area contributed by atoms with Crippen molar-refractivity contribution >= 4 is 33.3 Å². The number of carbonyl (C=O) groups excluding carboxylic acids is 1. The molecule has 3 aromatic rings. The molecule has 0 aliphatic rings. The first-order valence-corrected chi connectivity index (χ1v) is 8.51. The topological polar surface area (TPSA) is 84.5 Å². The van der Waals surface area contributed by atoms with Gasteiger partial charge in [0.2, 0.25) is 5.91 Å². The zero-order valence-electron chi connectivity index (χ0n) is 13.3. The molecule has 3 aromatic heterocycles. The van der Waals surface area contributed by atoms with Gasteiger partial charge < -0.3 is 19.5 Å². The fourth-order valence-corrected chi connectivity index (χ4v) is 2.57.